The molecule has 4 heterocycles. The highest BCUT2D eigenvalue weighted by Gasteiger charge is 2.74. The Labute approximate surface area is 213 Å². The zero-order chi connectivity index (χ0) is 25.0. The van der Waals surface area contributed by atoms with Gasteiger partial charge < -0.3 is 19.8 Å². The maximum atomic E-state index is 14.3. The number of amides is 3. The molecule has 3 amide bonds. The molecule has 1 unspecified atom stereocenters. The lowest BCUT2D eigenvalue weighted by atomic mass is 9.74. The number of nitrogens with zero attached hydrogens (tertiary/aromatic N) is 3. The molecule has 1 spiro atoms. The second-order valence-corrected chi connectivity index (χ2v) is 12.9. The van der Waals surface area contributed by atoms with Crippen LogP contribution in [0, 0.1) is 11.8 Å². The summed E-state index contributed by atoms with van der Waals surface area (Å²) in [5.41, 5.74) is 0. The van der Waals surface area contributed by atoms with Gasteiger partial charge in [-0.25, -0.2) is 0 Å². The van der Waals surface area contributed by atoms with Gasteiger partial charge in [-0.3, -0.25) is 14.4 Å². The van der Waals surface area contributed by atoms with Gasteiger partial charge in [-0.15, -0.1) is 11.8 Å². The van der Waals surface area contributed by atoms with Crippen LogP contribution < -0.4 is 0 Å². The molecule has 7 nitrogen and oxygen atoms in total. The molecule has 35 heavy (non-hydrogen) atoms. The highest BCUT2D eigenvalue weighted by molar-refractivity contribution is 8.02. The van der Waals surface area contributed by atoms with E-state index in [-0.39, 0.29) is 30.4 Å². The van der Waals surface area contributed by atoms with Crippen LogP contribution in [0.15, 0.2) is 24.3 Å². The fourth-order valence-corrected chi connectivity index (χ4v) is 9.43. The van der Waals surface area contributed by atoms with E-state index in [1.54, 1.807) is 16.7 Å². The van der Waals surface area contributed by atoms with Crippen LogP contribution in [0.1, 0.15) is 59.3 Å². The van der Waals surface area contributed by atoms with E-state index < -0.39 is 33.4 Å². The summed E-state index contributed by atoms with van der Waals surface area (Å²) in [5, 5.41) is 10.1. The molecular formula is C27H39N3O4S. The molecule has 4 aliphatic heterocycles. The van der Waals surface area contributed by atoms with Crippen LogP contribution in [-0.4, -0.2) is 91.4 Å². The predicted octanol–water partition coefficient (Wildman–Crippen LogP) is 2.59. The quantitative estimate of drug-likeness (QED) is 0.586. The predicted molar refractivity (Wildman–Crippen MR) is 137 cm³/mol. The van der Waals surface area contributed by atoms with Gasteiger partial charge in [-0.05, 0) is 33.1 Å². The highest BCUT2D eigenvalue weighted by Crippen LogP contribution is 2.65. The Morgan fingerprint density at radius 1 is 1.03 bits per heavy atom. The molecule has 6 atom stereocenters. The Bertz CT molecular complexity index is 947. The van der Waals surface area contributed by atoms with Crippen LogP contribution in [0.5, 0.6) is 0 Å². The number of thioether (sulfide) groups is 1. The first-order chi connectivity index (χ1) is 16.8. The van der Waals surface area contributed by atoms with Crippen molar-refractivity contribution in [2.45, 2.75) is 86.9 Å². The van der Waals surface area contributed by atoms with Gasteiger partial charge in [0.05, 0.1) is 29.2 Å². The van der Waals surface area contributed by atoms with Crippen molar-refractivity contribution in [3.05, 3.63) is 24.3 Å². The van der Waals surface area contributed by atoms with Gasteiger partial charge in [0.25, 0.3) is 0 Å². The molecule has 5 aliphatic rings. The molecule has 5 rings (SSSR count). The summed E-state index contributed by atoms with van der Waals surface area (Å²) in [6.07, 6.45) is 14.6. The van der Waals surface area contributed by atoms with Gasteiger partial charge in [0.1, 0.15) is 6.04 Å². The lowest BCUT2D eigenvalue weighted by molar-refractivity contribution is -0.147. The lowest BCUT2D eigenvalue weighted by Crippen LogP contribution is -2.57. The average Bonchev–Trinajstić information content (AvgIpc) is 3.13. The standard InChI is InChI=1S/C27H39N3O4S/c1-4-14-28-15-8-12-26(3)20(23(28)32)21-24(33)30(18(2)17-31)22-25(34)29(19-10-6-5-7-11-19)16-9-13-27(21,22)35-26/h8-9,12-13,18-22,31H,4-7,10-11,14-17H2,1-3H3/t18-,20-,21+,22?,26+,27+/m1/s1. The number of hydrogen-bond donors (Lipinski definition) is 1. The summed E-state index contributed by atoms with van der Waals surface area (Å²) in [5.74, 6) is -1.35. The van der Waals surface area contributed by atoms with Crippen molar-refractivity contribution in [1.29, 1.82) is 0 Å². The minimum absolute atomic E-state index is 0.00793. The highest BCUT2D eigenvalue weighted by atomic mass is 32.2. The van der Waals surface area contributed by atoms with Crippen LogP contribution in [-0.2, 0) is 14.4 Å². The van der Waals surface area contributed by atoms with Gasteiger partial charge in [0, 0.05) is 30.4 Å². The Morgan fingerprint density at radius 2 is 1.74 bits per heavy atom. The maximum absolute atomic E-state index is 14.3. The fourth-order valence-electron chi connectivity index (χ4n) is 7.28. The summed E-state index contributed by atoms with van der Waals surface area (Å²) in [6.45, 7) is 7.45. The summed E-state index contributed by atoms with van der Waals surface area (Å²) in [4.78, 5) is 48.0. The second-order valence-electron chi connectivity index (χ2n) is 11.1. The Balaban J connectivity index is 1.61. The van der Waals surface area contributed by atoms with Crippen LogP contribution >= 0.6 is 11.8 Å². The monoisotopic (exact) mass is 501 g/mol. The largest absolute Gasteiger partial charge is 0.394 e. The molecule has 8 heteroatoms. The van der Waals surface area contributed by atoms with Crippen LogP contribution in [0.2, 0.25) is 0 Å². The number of carbonyl (C=O) groups excluding carboxylic acids is 3. The van der Waals surface area contributed by atoms with Crippen LogP contribution in [0.4, 0.5) is 0 Å². The van der Waals surface area contributed by atoms with E-state index in [2.05, 4.69) is 38.2 Å². The molecule has 1 saturated carbocycles. The Hall–Kier alpha value is -1.80. The third-order valence-corrected chi connectivity index (χ3v) is 10.7. The fraction of sp³-hybridized carbons (Fsp3) is 0.741. The van der Waals surface area contributed by atoms with Gasteiger partial charge in [-0.2, -0.15) is 0 Å². The summed E-state index contributed by atoms with van der Waals surface area (Å²) in [6, 6.07) is -1.02. The summed E-state index contributed by atoms with van der Waals surface area (Å²) < 4.78 is -1.40. The van der Waals surface area contributed by atoms with Crippen molar-refractivity contribution in [2.75, 3.05) is 26.2 Å². The summed E-state index contributed by atoms with van der Waals surface area (Å²) >= 11 is 1.62. The summed E-state index contributed by atoms with van der Waals surface area (Å²) in [7, 11) is 0. The van der Waals surface area contributed by atoms with Gasteiger partial charge in [-0.1, -0.05) is 50.5 Å². The third-order valence-electron chi connectivity index (χ3n) is 8.86. The molecule has 0 aromatic carbocycles. The average molecular weight is 502 g/mol. The van der Waals surface area contributed by atoms with Crippen LogP contribution in [0.3, 0.4) is 0 Å². The number of rotatable bonds is 5. The van der Waals surface area contributed by atoms with E-state index in [0.717, 1.165) is 32.1 Å². The van der Waals surface area contributed by atoms with E-state index in [1.165, 1.54) is 6.42 Å². The molecule has 1 N–H and O–H groups in total. The first-order valence-corrected chi connectivity index (χ1v) is 14.2. The van der Waals surface area contributed by atoms with E-state index in [9.17, 15) is 19.5 Å². The van der Waals surface area contributed by atoms with Crippen molar-refractivity contribution >= 4 is 29.5 Å². The Kier molecular flexibility index (Phi) is 6.58. The molecule has 2 saturated heterocycles. The van der Waals surface area contributed by atoms with E-state index >= 15 is 0 Å². The maximum Gasteiger partial charge on any atom is 0.247 e. The second kappa shape index (κ2) is 9.25. The molecule has 3 fully saturated rings. The first kappa shape index (κ1) is 24.9. The zero-order valence-corrected chi connectivity index (χ0v) is 22.0. The molecule has 0 bridgehead atoms. The zero-order valence-electron chi connectivity index (χ0n) is 21.2. The van der Waals surface area contributed by atoms with Crippen molar-refractivity contribution in [2.24, 2.45) is 11.8 Å². The number of likely N-dealkylation sites (tertiary alicyclic amines) is 1. The van der Waals surface area contributed by atoms with Crippen LogP contribution in [0.25, 0.3) is 0 Å². The first-order valence-electron chi connectivity index (χ1n) is 13.4. The van der Waals surface area contributed by atoms with E-state index in [0.29, 0.717) is 19.6 Å². The molecular weight excluding hydrogens is 462 g/mol. The minimum Gasteiger partial charge on any atom is -0.394 e. The molecule has 192 valence electrons. The van der Waals surface area contributed by atoms with E-state index in [1.807, 2.05) is 16.7 Å². The molecule has 1 aliphatic carbocycles. The van der Waals surface area contributed by atoms with Gasteiger partial charge >= 0.3 is 0 Å². The normalized spacial score (nSPS) is 38.3. The smallest absolute Gasteiger partial charge is 0.247 e. The topological polar surface area (TPSA) is 81.2 Å². The number of fused-ring (bicyclic) bond motifs is 2. The van der Waals surface area contributed by atoms with E-state index in [4.69, 9.17) is 0 Å². The van der Waals surface area contributed by atoms with Crippen molar-refractivity contribution in [3.63, 3.8) is 0 Å². The van der Waals surface area contributed by atoms with Crippen molar-refractivity contribution in [3.8, 4) is 0 Å². The van der Waals surface area contributed by atoms with Crippen molar-refractivity contribution in [1.82, 2.24) is 14.7 Å². The number of aliphatic hydroxyl groups excluding tert-OH is 1. The number of carbonyl (C=O) groups is 3. The molecule has 0 aromatic rings. The lowest BCUT2D eigenvalue weighted by Gasteiger charge is -2.41. The SMILES string of the molecule is CCCN1CC=C[C@]2(C)S[C@]34C=CCN(C5CCCCC5)C(=O)C3N([C@H](C)CO)C(=O)[C@@H]4[C@@H]2C1=O. The van der Waals surface area contributed by atoms with Gasteiger partial charge in [0.2, 0.25) is 17.7 Å². The number of hydrogen-bond acceptors (Lipinski definition) is 5. The third kappa shape index (κ3) is 3.69. The van der Waals surface area contributed by atoms with Crippen molar-refractivity contribution < 1.29 is 19.5 Å². The molecule has 0 radical (unpaired) electrons. The Morgan fingerprint density at radius 3 is 2.43 bits per heavy atom. The minimum atomic E-state index is -0.824. The number of aliphatic hydroxyl groups is 1. The van der Waals surface area contributed by atoms with Gasteiger partial charge in [0.15, 0.2) is 0 Å². The molecule has 0 aromatic heterocycles.